The Hall–Kier alpha value is -0.820. The molecular formula is C9H12O. The fourth-order valence-electron chi connectivity index (χ4n) is 0.922. The molecule has 54 valence electrons. The molecule has 0 saturated heterocycles. The molecule has 1 rings (SSSR count). The smallest absolute Gasteiger partial charge is 0.0471 e. The molecule has 0 aliphatic carbocycles. The summed E-state index contributed by atoms with van der Waals surface area (Å²) in [5.74, 6) is 0. The van der Waals surface area contributed by atoms with E-state index in [2.05, 4.69) is 0 Å². The van der Waals surface area contributed by atoms with Gasteiger partial charge in [0.1, 0.15) is 0 Å². The lowest BCUT2D eigenvalue weighted by molar-refractivity contribution is 0.299. The van der Waals surface area contributed by atoms with Crippen LogP contribution in [0.4, 0.5) is 0 Å². The van der Waals surface area contributed by atoms with Gasteiger partial charge >= 0.3 is 0 Å². The molecule has 0 fully saturated rings. The Morgan fingerprint density at radius 3 is 3.00 bits per heavy atom. The van der Waals surface area contributed by atoms with Crippen LogP contribution in [0.5, 0.6) is 0 Å². The highest BCUT2D eigenvalue weighted by molar-refractivity contribution is 5.25. The van der Waals surface area contributed by atoms with Crippen molar-refractivity contribution in [2.75, 3.05) is 6.61 Å². The summed E-state index contributed by atoms with van der Waals surface area (Å²) in [5, 5.41) is 8.68. The number of benzene rings is 1. The summed E-state index contributed by atoms with van der Waals surface area (Å²) in [6.07, 6.45) is 0.662. The van der Waals surface area contributed by atoms with Gasteiger partial charge in [0.05, 0.1) is 0 Å². The minimum absolute atomic E-state index is 0.164. The van der Waals surface area contributed by atoms with Gasteiger partial charge in [0.15, 0.2) is 0 Å². The molecule has 0 aromatic heterocycles. The zero-order valence-electron chi connectivity index (χ0n) is 6.88. The molecule has 0 unspecified atom stereocenters. The monoisotopic (exact) mass is 137 g/mol. The van der Waals surface area contributed by atoms with Crippen molar-refractivity contribution in [3.63, 3.8) is 0 Å². The topological polar surface area (TPSA) is 20.2 Å². The fourth-order valence-corrected chi connectivity index (χ4v) is 0.922. The third-order valence-electron chi connectivity index (χ3n) is 1.50. The van der Waals surface area contributed by atoms with Gasteiger partial charge in [-0.05, 0) is 24.4 Å². The predicted octanol–water partition coefficient (Wildman–Crippen LogP) is 1.53. The number of hydrogen-bond acceptors (Lipinski definition) is 1. The van der Waals surface area contributed by atoms with Crippen molar-refractivity contribution < 1.29 is 6.48 Å². The molecule has 0 spiro atoms. The number of aliphatic hydroxyl groups excluding tert-OH is 1. The molecule has 1 aromatic carbocycles. The van der Waals surface area contributed by atoms with Crippen molar-refractivity contribution in [3.05, 3.63) is 35.4 Å². The van der Waals surface area contributed by atoms with Crippen LogP contribution in [0.3, 0.4) is 0 Å². The second-order valence-electron chi connectivity index (χ2n) is 2.24. The highest BCUT2D eigenvalue weighted by Gasteiger charge is 1.93. The van der Waals surface area contributed by atoms with Crippen molar-refractivity contribution in [1.82, 2.24) is 0 Å². The molecule has 1 aromatic rings. The van der Waals surface area contributed by atoms with Crippen LogP contribution >= 0.6 is 0 Å². The third-order valence-corrected chi connectivity index (χ3v) is 1.50. The average Bonchev–Trinajstić information content (AvgIpc) is 2.06. The van der Waals surface area contributed by atoms with E-state index in [1.807, 2.05) is 24.3 Å². The van der Waals surface area contributed by atoms with Crippen LogP contribution < -0.4 is 0 Å². The molecule has 0 atom stereocenters. The molecule has 0 aliphatic heterocycles. The molecule has 1 heteroatoms. The summed E-state index contributed by atoms with van der Waals surface area (Å²) in [6.45, 7) is 0.465. The predicted molar refractivity (Wildman–Crippen MR) is 42.0 cm³/mol. The quantitative estimate of drug-likeness (QED) is 0.655. The van der Waals surface area contributed by atoms with E-state index in [4.69, 9.17) is 6.48 Å². The van der Waals surface area contributed by atoms with E-state index in [0.717, 1.165) is 11.1 Å². The Morgan fingerprint density at radius 2 is 2.30 bits per heavy atom. The van der Waals surface area contributed by atoms with Crippen molar-refractivity contribution in [3.8, 4) is 0 Å². The zero-order chi connectivity index (χ0) is 8.10. The highest BCUT2D eigenvalue weighted by Crippen LogP contribution is 2.06. The van der Waals surface area contributed by atoms with Gasteiger partial charge in [-0.3, -0.25) is 0 Å². The van der Waals surface area contributed by atoms with Crippen molar-refractivity contribution in [1.29, 1.82) is 0 Å². The Balaban J connectivity index is 2.83. The minimum Gasteiger partial charge on any atom is -0.396 e. The number of rotatable bonds is 2. The third kappa shape index (κ3) is 1.58. The minimum atomic E-state index is 0.164. The summed E-state index contributed by atoms with van der Waals surface area (Å²) in [7, 11) is 0. The first-order valence-electron chi connectivity index (χ1n) is 4.06. The molecule has 1 N–H and O–H groups in total. The summed E-state index contributed by atoms with van der Waals surface area (Å²) >= 11 is 0. The lowest BCUT2D eigenvalue weighted by Gasteiger charge is -2.00. The van der Waals surface area contributed by atoms with Crippen molar-refractivity contribution in [2.24, 2.45) is 0 Å². The van der Waals surface area contributed by atoms with Gasteiger partial charge in [-0.1, -0.05) is 24.3 Å². The van der Waals surface area contributed by atoms with E-state index in [-0.39, 0.29) is 6.61 Å². The maximum absolute atomic E-state index is 8.68. The second-order valence-corrected chi connectivity index (χ2v) is 2.24. The molecule has 0 radical (unpaired) electrons. The van der Waals surface area contributed by atoms with Crippen LogP contribution in [0.25, 0.3) is 0 Å². The summed E-state index contributed by atoms with van der Waals surface area (Å²) < 4.78 is 7.18. The SMILES string of the molecule is [2H]Cc1ccccc1CCO. The zero-order valence-corrected chi connectivity index (χ0v) is 5.88. The normalized spacial score (nSPS) is 11.1. The maximum atomic E-state index is 8.68. The van der Waals surface area contributed by atoms with E-state index < -0.39 is 0 Å². The molecule has 0 heterocycles. The Bertz CT molecular complexity index is 223. The maximum Gasteiger partial charge on any atom is 0.0471 e. The molecular weight excluding hydrogens is 124 g/mol. The average molecular weight is 137 g/mol. The standard InChI is InChI=1S/C9H12O/c1-8-4-2-3-5-9(8)6-7-10/h2-5,10H,6-7H2,1H3/i1D. The van der Waals surface area contributed by atoms with E-state index in [1.54, 1.807) is 0 Å². The molecule has 0 bridgehead atoms. The largest absolute Gasteiger partial charge is 0.396 e. The molecule has 1 nitrogen and oxygen atoms in total. The number of aryl methyl sites for hydroxylation is 1. The second kappa shape index (κ2) is 3.37. The Kier molecular flexibility index (Phi) is 2.00. The van der Waals surface area contributed by atoms with Gasteiger partial charge in [0, 0.05) is 7.98 Å². The van der Waals surface area contributed by atoms with Gasteiger partial charge in [0.2, 0.25) is 0 Å². The highest BCUT2D eigenvalue weighted by atomic mass is 16.2. The summed E-state index contributed by atoms with van der Waals surface area (Å²) in [4.78, 5) is 0. The van der Waals surface area contributed by atoms with E-state index in [1.165, 1.54) is 0 Å². The van der Waals surface area contributed by atoms with Crippen LogP contribution in [0.2, 0.25) is 0 Å². The number of aliphatic hydroxyl groups is 1. The van der Waals surface area contributed by atoms with E-state index in [9.17, 15) is 0 Å². The van der Waals surface area contributed by atoms with Crippen molar-refractivity contribution in [2.45, 2.75) is 13.3 Å². The Morgan fingerprint density at radius 1 is 1.50 bits per heavy atom. The molecule has 0 saturated carbocycles. The van der Waals surface area contributed by atoms with Gasteiger partial charge in [-0.25, -0.2) is 0 Å². The van der Waals surface area contributed by atoms with Crippen molar-refractivity contribution >= 4 is 0 Å². The van der Waals surface area contributed by atoms with Gasteiger partial charge in [-0.2, -0.15) is 0 Å². The first kappa shape index (κ1) is 5.93. The van der Waals surface area contributed by atoms with Gasteiger partial charge in [-0.15, -0.1) is 0 Å². The van der Waals surface area contributed by atoms with Crippen LogP contribution in [0.15, 0.2) is 24.3 Å². The Labute approximate surface area is 62.7 Å². The summed E-state index contributed by atoms with van der Waals surface area (Å²) in [5.41, 5.74) is 2.10. The summed E-state index contributed by atoms with van der Waals surface area (Å²) in [6, 6.07) is 7.74. The van der Waals surface area contributed by atoms with Crippen LogP contribution in [-0.2, 0) is 6.42 Å². The first-order valence-corrected chi connectivity index (χ1v) is 3.35. The van der Waals surface area contributed by atoms with E-state index in [0.29, 0.717) is 13.3 Å². The fraction of sp³-hybridized carbons (Fsp3) is 0.333. The molecule has 0 amide bonds. The number of hydrogen-bond donors (Lipinski definition) is 1. The lowest BCUT2D eigenvalue weighted by atomic mass is 10.1. The molecule has 0 aliphatic rings. The van der Waals surface area contributed by atoms with Crippen LogP contribution in [-0.4, -0.2) is 11.7 Å². The van der Waals surface area contributed by atoms with Crippen LogP contribution in [0.1, 0.15) is 12.5 Å². The lowest BCUT2D eigenvalue weighted by Crippen LogP contribution is -1.92. The van der Waals surface area contributed by atoms with E-state index >= 15 is 0 Å². The molecule has 10 heavy (non-hydrogen) atoms. The van der Waals surface area contributed by atoms with Gasteiger partial charge < -0.3 is 5.11 Å². The first-order chi connectivity index (χ1) is 5.38. The van der Waals surface area contributed by atoms with Gasteiger partial charge in [0.25, 0.3) is 0 Å². The van der Waals surface area contributed by atoms with Crippen LogP contribution in [0, 0.1) is 6.90 Å².